The van der Waals surface area contributed by atoms with Gasteiger partial charge >= 0.3 is 0 Å². The average Bonchev–Trinajstić information content (AvgIpc) is 2.81. The van der Waals surface area contributed by atoms with Gasteiger partial charge in [0, 0.05) is 37.6 Å². The van der Waals surface area contributed by atoms with Crippen LogP contribution in [0.25, 0.3) is 0 Å². The second kappa shape index (κ2) is 6.94. The van der Waals surface area contributed by atoms with E-state index >= 15 is 0 Å². The first-order valence-corrected chi connectivity index (χ1v) is 7.99. The van der Waals surface area contributed by atoms with Gasteiger partial charge in [0.15, 0.2) is 0 Å². The van der Waals surface area contributed by atoms with Crippen molar-refractivity contribution >= 4 is 5.91 Å². The lowest BCUT2D eigenvalue weighted by molar-refractivity contribution is 0.0720. The number of rotatable bonds is 5. The fourth-order valence-electron chi connectivity index (χ4n) is 2.94. The molecule has 23 heavy (non-hydrogen) atoms. The summed E-state index contributed by atoms with van der Waals surface area (Å²) >= 11 is 0. The molecule has 0 atom stereocenters. The number of hydrogen-bond acceptors (Lipinski definition) is 3. The Morgan fingerprint density at radius 1 is 1.30 bits per heavy atom. The van der Waals surface area contributed by atoms with Crippen molar-refractivity contribution in [2.24, 2.45) is 13.0 Å². The molecule has 0 bridgehead atoms. The standard InChI is InChI=1S/C18H26N4O/c1-12(2)9-22(11-16-8-19-21(6)10-16)18(23)17-13(3)7-14(4)20-15(17)5/h7-8,10,12H,9,11H2,1-6H3. The highest BCUT2D eigenvalue weighted by atomic mass is 16.2. The van der Waals surface area contributed by atoms with E-state index in [9.17, 15) is 4.79 Å². The fourth-order valence-corrected chi connectivity index (χ4v) is 2.94. The van der Waals surface area contributed by atoms with Gasteiger partial charge in [-0.15, -0.1) is 0 Å². The molecule has 0 radical (unpaired) electrons. The van der Waals surface area contributed by atoms with Crippen molar-refractivity contribution in [2.75, 3.05) is 6.54 Å². The monoisotopic (exact) mass is 314 g/mol. The van der Waals surface area contributed by atoms with E-state index in [2.05, 4.69) is 23.9 Å². The minimum Gasteiger partial charge on any atom is -0.334 e. The third-order valence-corrected chi connectivity index (χ3v) is 3.74. The maximum atomic E-state index is 13.1. The Hall–Kier alpha value is -2.17. The van der Waals surface area contributed by atoms with Crippen LogP contribution in [-0.2, 0) is 13.6 Å². The van der Waals surface area contributed by atoms with E-state index in [1.165, 1.54) is 0 Å². The van der Waals surface area contributed by atoms with Crippen molar-refractivity contribution in [1.82, 2.24) is 19.7 Å². The van der Waals surface area contributed by atoms with Gasteiger partial charge in [0.25, 0.3) is 5.91 Å². The highest BCUT2D eigenvalue weighted by Gasteiger charge is 2.22. The van der Waals surface area contributed by atoms with Crippen LogP contribution < -0.4 is 0 Å². The molecule has 5 heteroatoms. The zero-order valence-electron chi connectivity index (χ0n) is 14.9. The Morgan fingerprint density at radius 2 is 2.00 bits per heavy atom. The summed E-state index contributed by atoms with van der Waals surface area (Å²) in [7, 11) is 1.89. The van der Waals surface area contributed by atoms with Crippen LogP contribution in [-0.4, -0.2) is 32.1 Å². The Balaban J connectivity index is 2.33. The molecule has 0 spiro atoms. The summed E-state index contributed by atoms with van der Waals surface area (Å²) in [6.07, 6.45) is 3.77. The molecule has 2 rings (SSSR count). The van der Waals surface area contributed by atoms with Gasteiger partial charge in [0.2, 0.25) is 0 Å². The number of aromatic nitrogens is 3. The van der Waals surface area contributed by atoms with E-state index in [1.807, 2.05) is 51.2 Å². The quantitative estimate of drug-likeness (QED) is 0.852. The summed E-state index contributed by atoms with van der Waals surface area (Å²) in [6, 6.07) is 1.97. The average molecular weight is 314 g/mol. The molecule has 2 aromatic rings. The lowest BCUT2D eigenvalue weighted by Crippen LogP contribution is -2.34. The fraction of sp³-hybridized carbons (Fsp3) is 0.500. The number of nitrogens with zero attached hydrogens (tertiary/aromatic N) is 4. The van der Waals surface area contributed by atoms with E-state index in [1.54, 1.807) is 4.68 Å². The van der Waals surface area contributed by atoms with Crippen LogP contribution in [0.2, 0.25) is 0 Å². The molecule has 0 aliphatic heterocycles. The number of amides is 1. The van der Waals surface area contributed by atoms with Crippen LogP contribution >= 0.6 is 0 Å². The topological polar surface area (TPSA) is 51.0 Å². The molecular formula is C18H26N4O. The third kappa shape index (κ3) is 4.18. The zero-order chi connectivity index (χ0) is 17.1. The van der Waals surface area contributed by atoms with Gasteiger partial charge in [-0.1, -0.05) is 13.8 Å². The molecule has 0 saturated carbocycles. The molecule has 0 aliphatic carbocycles. The Morgan fingerprint density at radius 3 is 2.52 bits per heavy atom. The van der Waals surface area contributed by atoms with Gasteiger partial charge in [-0.25, -0.2) is 0 Å². The number of aryl methyl sites for hydroxylation is 4. The molecule has 2 heterocycles. The van der Waals surface area contributed by atoms with Crippen molar-refractivity contribution in [3.63, 3.8) is 0 Å². The van der Waals surface area contributed by atoms with Crippen molar-refractivity contribution in [3.8, 4) is 0 Å². The molecule has 1 amide bonds. The second-order valence-corrected chi connectivity index (χ2v) is 6.64. The molecule has 0 unspecified atom stereocenters. The van der Waals surface area contributed by atoms with Crippen LogP contribution in [0.1, 0.15) is 46.7 Å². The van der Waals surface area contributed by atoms with Crippen LogP contribution in [0.3, 0.4) is 0 Å². The highest BCUT2D eigenvalue weighted by Crippen LogP contribution is 2.18. The van der Waals surface area contributed by atoms with Gasteiger partial charge in [0.05, 0.1) is 17.5 Å². The zero-order valence-corrected chi connectivity index (χ0v) is 14.9. The number of carbonyl (C=O) groups is 1. The van der Waals surface area contributed by atoms with Crippen LogP contribution in [0.5, 0.6) is 0 Å². The van der Waals surface area contributed by atoms with Crippen molar-refractivity contribution in [2.45, 2.75) is 41.2 Å². The first kappa shape index (κ1) is 17.2. The summed E-state index contributed by atoms with van der Waals surface area (Å²) in [4.78, 5) is 19.5. The molecule has 0 saturated heterocycles. The summed E-state index contributed by atoms with van der Waals surface area (Å²) < 4.78 is 1.76. The smallest absolute Gasteiger partial charge is 0.256 e. The lowest BCUT2D eigenvalue weighted by Gasteiger charge is -2.25. The largest absolute Gasteiger partial charge is 0.334 e. The summed E-state index contributed by atoms with van der Waals surface area (Å²) in [6.45, 7) is 11.4. The van der Waals surface area contributed by atoms with E-state index in [-0.39, 0.29) is 5.91 Å². The summed E-state index contributed by atoms with van der Waals surface area (Å²) in [5.41, 5.74) is 4.49. The molecule has 5 nitrogen and oxygen atoms in total. The van der Waals surface area contributed by atoms with E-state index in [4.69, 9.17) is 0 Å². The predicted molar refractivity (Wildman–Crippen MR) is 91.2 cm³/mol. The predicted octanol–water partition coefficient (Wildman–Crippen LogP) is 3.04. The molecular weight excluding hydrogens is 288 g/mol. The lowest BCUT2D eigenvalue weighted by atomic mass is 10.0. The molecule has 0 aromatic carbocycles. The van der Waals surface area contributed by atoms with Crippen LogP contribution in [0, 0.1) is 26.7 Å². The van der Waals surface area contributed by atoms with Crippen molar-refractivity contribution in [3.05, 3.63) is 46.5 Å². The Labute approximate surface area is 138 Å². The van der Waals surface area contributed by atoms with E-state index < -0.39 is 0 Å². The summed E-state index contributed by atoms with van der Waals surface area (Å²) in [5.74, 6) is 0.444. The van der Waals surface area contributed by atoms with Crippen LogP contribution in [0.15, 0.2) is 18.5 Å². The van der Waals surface area contributed by atoms with Crippen molar-refractivity contribution in [1.29, 1.82) is 0 Å². The minimum absolute atomic E-state index is 0.0463. The first-order valence-electron chi connectivity index (χ1n) is 7.99. The molecule has 0 fully saturated rings. The van der Waals surface area contributed by atoms with Gasteiger partial charge in [-0.3, -0.25) is 14.5 Å². The molecule has 0 N–H and O–H groups in total. The minimum atomic E-state index is 0.0463. The Bertz CT molecular complexity index is 680. The maximum absolute atomic E-state index is 13.1. The molecule has 2 aromatic heterocycles. The number of pyridine rings is 1. The SMILES string of the molecule is Cc1cc(C)c(C(=O)N(Cc2cnn(C)c2)CC(C)C)c(C)n1. The van der Waals surface area contributed by atoms with Gasteiger partial charge < -0.3 is 4.90 Å². The third-order valence-electron chi connectivity index (χ3n) is 3.74. The summed E-state index contributed by atoms with van der Waals surface area (Å²) in [5, 5.41) is 4.19. The van der Waals surface area contributed by atoms with E-state index in [0.29, 0.717) is 19.0 Å². The number of hydrogen-bond donors (Lipinski definition) is 0. The highest BCUT2D eigenvalue weighted by molar-refractivity contribution is 5.96. The van der Waals surface area contributed by atoms with Crippen LogP contribution in [0.4, 0.5) is 0 Å². The Kier molecular flexibility index (Phi) is 5.19. The van der Waals surface area contributed by atoms with Gasteiger partial charge in [-0.2, -0.15) is 5.10 Å². The maximum Gasteiger partial charge on any atom is 0.256 e. The first-order chi connectivity index (χ1) is 10.8. The van der Waals surface area contributed by atoms with Gasteiger partial charge in [-0.05, 0) is 38.3 Å². The molecule has 0 aliphatic rings. The van der Waals surface area contributed by atoms with Crippen molar-refractivity contribution < 1.29 is 4.79 Å². The molecule has 124 valence electrons. The normalized spacial score (nSPS) is 11.1. The number of carbonyl (C=O) groups excluding carboxylic acids is 1. The second-order valence-electron chi connectivity index (χ2n) is 6.64. The van der Waals surface area contributed by atoms with E-state index in [0.717, 1.165) is 28.1 Å². The van der Waals surface area contributed by atoms with Gasteiger partial charge in [0.1, 0.15) is 0 Å².